The van der Waals surface area contributed by atoms with Crippen molar-refractivity contribution in [2.75, 3.05) is 13.1 Å². The van der Waals surface area contributed by atoms with Crippen molar-refractivity contribution in [3.63, 3.8) is 0 Å². The Bertz CT molecular complexity index is 300. The average Bonchev–Trinajstić information content (AvgIpc) is 2.80. The molecule has 0 aromatic carbocycles. The zero-order valence-electron chi connectivity index (χ0n) is 10.2. The minimum atomic E-state index is -4.25. The van der Waals surface area contributed by atoms with Crippen LogP contribution in [0.3, 0.4) is 0 Å². The third-order valence-electron chi connectivity index (χ3n) is 3.93. The maximum absolute atomic E-state index is 12.9. The van der Waals surface area contributed by atoms with Gasteiger partial charge in [-0.1, -0.05) is 12.8 Å². The molecule has 0 spiro atoms. The zero-order valence-corrected chi connectivity index (χ0v) is 10.2. The molecule has 3 nitrogen and oxygen atoms in total. The molecule has 2 fully saturated rings. The van der Waals surface area contributed by atoms with Crippen molar-refractivity contribution in [3.8, 4) is 0 Å². The number of alkyl halides is 3. The van der Waals surface area contributed by atoms with Crippen LogP contribution in [0.2, 0.25) is 0 Å². The zero-order chi connectivity index (χ0) is 13.2. The minimum absolute atomic E-state index is 0.00619. The van der Waals surface area contributed by atoms with Crippen LogP contribution in [0.5, 0.6) is 0 Å². The quantitative estimate of drug-likeness (QED) is 0.799. The van der Waals surface area contributed by atoms with E-state index in [-0.39, 0.29) is 12.5 Å². The molecule has 18 heavy (non-hydrogen) atoms. The second kappa shape index (κ2) is 5.47. The van der Waals surface area contributed by atoms with Crippen LogP contribution in [0.4, 0.5) is 13.2 Å². The molecule has 1 heterocycles. The molecule has 6 heteroatoms. The number of hydrogen-bond acceptors (Lipinski definition) is 2. The van der Waals surface area contributed by atoms with Gasteiger partial charge in [-0.15, -0.1) is 0 Å². The summed E-state index contributed by atoms with van der Waals surface area (Å²) in [5, 5.41) is 5.83. The van der Waals surface area contributed by atoms with Crippen LogP contribution in [0, 0.1) is 11.8 Å². The molecule has 0 bridgehead atoms. The number of carbonyl (C=O) groups excluding carboxylic acids is 1. The molecule has 104 valence electrons. The molecule has 0 aromatic heterocycles. The van der Waals surface area contributed by atoms with Crippen molar-refractivity contribution < 1.29 is 18.0 Å². The number of nitrogens with one attached hydrogen (secondary N) is 2. The third-order valence-corrected chi connectivity index (χ3v) is 3.93. The molecular formula is C12H19F3N2O. The first-order valence-corrected chi connectivity index (χ1v) is 6.56. The van der Waals surface area contributed by atoms with E-state index < -0.39 is 23.9 Å². The smallest absolute Gasteiger partial charge is 0.352 e. The molecule has 1 aliphatic heterocycles. The standard InChI is InChI=1S/C12H19F3N2O/c13-12(14,15)10-4-2-1-3-9(10)11(18)17-8-5-6-16-7-8/h8-10,16H,1-7H2,(H,17,18)/t8-,9?,10?/m1/s1. The lowest BCUT2D eigenvalue weighted by molar-refractivity contribution is -0.198. The van der Waals surface area contributed by atoms with Gasteiger partial charge in [-0.3, -0.25) is 4.79 Å². The van der Waals surface area contributed by atoms with E-state index in [1.54, 1.807) is 0 Å². The van der Waals surface area contributed by atoms with Crippen LogP contribution in [0.15, 0.2) is 0 Å². The summed E-state index contributed by atoms with van der Waals surface area (Å²) in [6, 6.07) is -0.00619. The second-order valence-electron chi connectivity index (χ2n) is 5.24. The van der Waals surface area contributed by atoms with E-state index in [1.165, 1.54) is 0 Å². The summed E-state index contributed by atoms with van der Waals surface area (Å²) in [6.45, 7) is 1.48. The first kappa shape index (κ1) is 13.6. The van der Waals surface area contributed by atoms with Gasteiger partial charge < -0.3 is 10.6 Å². The van der Waals surface area contributed by atoms with Gasteiger partial charge >= 0.3 is 6.18 Å². The predicted octanol–water partition coefficient (Wildman–Crippen LogP) is 1.83. The lowest BCUT2D eigenvalue weighted by Gasteiger charge is -2.32. The van der Waals surface area contributed by atoms with Gasteiger partial charge in [0.25, 0.3) is 0 Å². The summed E-state index contributed by atoms with van der Waals surface area (Å²) in [5.41, 5.74) is 0. The van der Waals surface area contributed by atoms with Gasteiger partial charge in [0.15, 0.2) is 0 Å². The Labute approximate surface area is 104 Å². The minimum Gasteiger partial charge on any atom is -0.352 e. The van der Waals surface area contributed by atoms with E-state index in [1.807, 2.05) is 0 Å². The maximum atomic E-state index is 12.9. The molecule has 1 aliphatic carbocycles. The predicted molar refractivity (Wildman–Crippen MR) is 60.9 cm³/mol. The van der Waals surface area contributed by atoms with E-state index in [4.69, 9.17) is 0 Å². The molecule has 2 unspecified atom stereocenters. The van der Waals surface area contributed by atoms with Crippen LogP contribution in [-0.2, 0) is 4.79 Å². The first-order valence-electron chi connectivity index (χ1n) is 6.56. The number of carbonyl (C=O) groups is 1. The highest BCUT2D eigenvalue weighted by Crippen LogP contribution is 2.41. The lowest BCUT2D eigenvalue weighted by Crippen LogP contribution is -2.46. The van der Waals surface area contributed by atoms with E-state index in [0.29, 0.717) is 25.8 Å². The fourth-order valence-electron chi connectivity index (χ4n) is 2.92. The van der Waals surface area contributed by atoms with Crippen molar-refractivity contribution in [3.05, 3.63) is 0 Å². The van der Waals surface area contributed by atoms with Crippen LogP contribution >= 0.6 is 0 Å². The first-order chi connectivity index (χ1) is 8.48. The highest BCUT2D eigenvalue weighted by Gasteiger charge is 2.48. The fourth-order valence-corrected chi connectivity index (χ4v) is 2.92. The molecule has 2 N–H and O–H groups in total. The van der Waals surface area contributed by atoms with Gasteiger partial charge in [-0.05, 0) is 25.8 Å². The fraction of sp³-hybridized carbons (Fsp3) is 0.917. The van der Waals surface area contributed by atoms with Gasteiger partial charge in [0, 0.05) is 18.5 Å². The van der Waals surface area contributed by atoms with E-state index in [2.05, 4.69) is 10.6 Å². The second-order valence-corrected chi connectivity index (χ2v) is 5.24. The van der Waals surface area contributed by atoms with Crippen molar-refractivity contribution in [1.29, 1.82) is 0 Å². The maximum Gasteiger partial charge on any atom is 0.392 e. The monoisotopic (exact) mass is 264 g/mol. The highest BCUT2D eigenvalue weighted by molar-refractivity contribution is 5.79. The molecule has 1 amide bonds. The molecule has 0 radical (unpaired) electrons. The molecule has 0 aromatic rings. The summed E-state index contributed by atoms with van der Waals surface area (Å²) < 4.78 is 38.6. The summed E-state index contributed by atoms with van der Waals surface area (Å²) in [5.74, 6) is -2.76. The van der Waals surface area contributed by atoms with Crippen LogP contribution in [0.25, 0.3) is 0 Å². The number of hydrogen-bond donors (Lipinski definition) is 2. The van der Waals surface area contributed by atoms with Crippen molar-refractivity contribution in [2.24, 2.45) is 11.8 Å². The molecule has 1 saturated heterocycles. The SMILES string of the molecule is O=C(N[C@@H]1CCNC1)C1CCCCC1C(F)(F)F. The molecular weight excluding hydrogens is 245 g/mol. The summed E-state index contributed by atoms with van der Waals surface area (Å²) in [4.78, 5) is 12.0. The normalized spacial score (nSPS) is 33.4. The third kappa shape index (κ3) is 3.16. The Balaban J connectivity index is 1.97. The Morgan fingerprint density at radius 2 is 1.89 bits per heavy atom. The van der Waals surface area contributed by atoms with E-state index in [0.717, 1.165) is 13.0 Å². The number of amides is 1. The van der Waals surface area contributed by atoms with Gasteiger partial charge in [0.05, 0.1) is 5.92 Å². The van der Waals surface area contributed by atoms with Crippen molar-refractivity contribution in [1.82, 2.24) is 10.6 Å². The Kier molecular flexibility index (Phi) is 4.14. The molecule has 2 aliphatic rings. The Morgan fingerprint density at radius 3 is 2.50 bits per heavy atom. The van der Waals surface area contributed by atoms with Crippen molar-refractivity contribution in [2.45, 2.75) is 44.3 Å². The topological polar surface area (TPSA) is 41.1 Å². The lowest BCUT2D eigenvalue weighted by atomic mass is 9.78. The van der Waals surface area contributed by atoms with Crippen molar-refractivity contribution >= 4 is 5.91 Å². The van der Waals surface area contributed by atoms with Crippen LogP contribution in [0.1, 0.15) is 32.1 Å². The van der Waals surface area contributed by atoms with Gasteiger partial charge in [0.1, 0.15) is 0 Å². The Hall–Kier alpha value is -0.780. The van der Waals surface area contributed by atoms with Gasteiger partial charge in [0.2, 0.25) is 5.91 Å². The highest BCUT2D eigenvalue weighted by atomic mass is 19.4. The summed E-state index contributed by atoms with van der Waals surface area (Å²) >= 11 is 0. The molecule has 3 atom stereocenters. The number of halogens is 3. The van der Waals surface area contributed by atoms with Crippen LogP contribution in [-0.4, -0.2) is 31.2 Å². The largest absolute Gasteiger partial charge is 0.392 e. The molecule has 2 rings (SSSR count). The summed E-state index contributed by atoms with van der Waals surface area (Å²) in [7, 11) is 0. The van der Waals surface area contributed by atoms with Gasteiger partial charge in [-0.25, -0.2) is 0 Å². The van der Waals surface area contributed by atoms with Gasteiger partial charge in [-0.2, -0.15) is 13.2 Å². The van der Waals surface area contributed by atoms with E-state index in [9.17, 15) is 18.0 Å². The average molecular weight is 264 g/mol. The van der Waals surface area contributed by atoms with E-state index >= 15 is 0 Å². The Morgan fingerprint density at radius 1 is 1.17 bits per heavy atom. The number of rotatable bonds is 2. The summed E-state index contributed by atoms with van der Waals surface area (Å²) in [6.07, 6.45) is -1.72. The molecule has 1 saturated carbocycles. The van der Waals surface area contributed by atoms with Crippen LogP contribution < -0.4 is 10.6 Å².